The zero-order valence-corrected chi connectivity index (χ0v) is 12.1. The molecule has 0 spiro atoms. The van der Waals surface area contributed by atoms with E-state index < -0.39 is 33.5 Å². The smallest absolute Gasteiger partial charge is 0.327 e. The maximum Gasteiger partial charge on any atom is 0.327 e. The van der Waals surface area contributed by atoms with Gasteiger partial charge in [-0.15, -0.1) is 0 Å². The third-order valence-electron chi connectivity index (χ3n) is 2.56. The first-order chi connectivity index (χ1) is 9.19. The van der Waals surface area contributed by atoms with Crippen LogP contribution in [0.2, 0.25) is 0 Å². The van der Waals surface area contributed by atoms with Gasteiger partial charge in [-0.2, -0.15) is 5.10 Å². The Hall–Kier alpha value is -1.90. The largest absolute Gasteiger partial charge is 0.480 e. The topological polar surface area (TPSA) is 118 Å². The molecule has 1 aromatic heterocycles. The number of carboxylic acid groups (broad SMARTS) is 1. The molecule has 2 N–H and O–H groups in total. The molecule has 0 bridgehead atoms. The third-order valence-corrected chi connectivity index (χ3v) is 4.22. The summed E-state index contributed by atoms with van der Waals surface area (Å²) < 4.78 is 25.3. The van der Waals surface area contributed by atoms with Crippen LogP contribution in [0.4, 0.5) is 0 Å². The lowest BCUT2D eigenvalue weighted by molar-refractivity contribution is -0.140. The van der Waals surface area contributed by atoms with Crippen LogP contribution in [-0.2, 0) is 32.9 Å². The number of carboxylic acids is 1. The van der Waals surface area contributed by atoms with Gasteiger partial charge in [-0.05, 0) is 12.0 Å². The fourth-order valence-electron chi connectivity index (χ4n) is 1.63. The van der Waals surface area contributed by atoms with Crippen molar-refractivity contribution in [3.05, 3.63) is 18.0 Å². The van der Waals surface area contributed by atoms with Crippen LogP contribution in [0.3, 0.4) is 0 Å². The summed E-state index contributed by atoms with van der Waals surface area (Å²) in [6, 6.07) is -1.42. The zero-order chi connectivity index (χ0) is 15.3. The van der Waals surface area contributed by atoms with E-state index in [4.69, 9.17) is 5.11 Å². The molecule has 1 aromatic rings. The van der Waals surface area contributed by atoms with Gasteiger partial charge < -0.3 is 10.4 Å². The summed E-state index contributed by atoms with van der Waals surface area (Å²) in [6.07, 6.45) is 3.50. The third kappa shape index (κ3) is 5.39. The summed E-state index contributed by atoms with van der Waals surface area (Å²) >= 11 is 0. The lowest BCUT2D eigenvalue weighted by atomic mass is 10.3. The van der Waals surface area contributed by atoms with Gasteiger partial charge in [0.2, 0.25) is 5.91 Å². The maximum absolute atomic E-state index is 11.9. The molecular formula is C11H17N3O5S. The highest BCUT2D eigenvalue weighted by atomic mass is 32.2. The van der Waals surface area contributed by atoms with Crippen LogP contribution in [0, 0.1) is 0 Å². The molecule has 112 valence electrons. The summed E-state index contributed by atoms with van der Waals surface area (Å²) in [7, 11) is -1.88. The number of carbonyl (C=O) groups excluding carboxylic acids is 1. The van der Waals surface area contributed by atoms with Crippen molar-refractivity contribution in [2.75, 3.05) is 11.5 Å². The molecule has 0 saturated heterocycles. The minimum absolute atomic E-state index is 0.192. The summed E-state index contributed by atoms with van der Waals surface area (Å²) in [4.78, 5) is 21.7. The van der Waals surface area contributed by atoms with Gasteiger partial charge in [-0.1, -0.05) is 0 Å². The number of carbonyl (C=O) groups is 2. The van der Waals surface area contributed by atoms with Crippen molar-refractivity contribution in [2.45, 2.75) is 19.4 Å². The number of aryl methyl sites for hydroxylation is 2. The van der Waals surface area contributed by atoms with E-state index in [1.54, 1.807) is 24.1 Å². The monoisotopic (exact) mass is 303 g/mol. The number of rotatable bonds is 7. The molecule has 9 heteroatoms. The molecule has 1 rings (SSSR count). The number of amides is 1. The number of nitrogens with zero attached hydrogens (tertiary/aromatic N) is 2. The van der Waals surface area contributed by atoms with Crippen LogP contribution in [0.15, 0.2) is 12.4 Å². The van der Waals surface area contributed by atoms with E-state index in [1.165, 1.54) is 0 Å². The van der Waals surface area contributed by atoms with Gasteiger partial charge in [0, 0.05) is 20.2 Å². The predicted molar refractivity (Wildman–Crippen MR) is 70.8 cm³/mol. The summed E-state index contributed by atoms with van der Waals surface area (Å²) in [5.74, 6) is -2.77. The van der Waals surface area contributed by atoms with Gasteiger partial charge >= 0.3 is 5.97 Å². The van der Waals surface area contributed by atoms with Crippen molar-refractivity contribution >= 4 is 21.7 Å². The highest BCUT2D eigenvalue weighted by Crippen LogP contribution is 2.03. The number of aliphatic carboxylic acids is 1. The average molecular weight is 303 g/mol. The molecular weight excluding hydrogens is 286 g/mol. The van der Waals surface area contributed by atoms with E-state index in [1.807, 2.05) is 0 Å². The lowest BCUT2D eigenvalue weighted by Crippen LogP contribution is -2.44. The van der Waals surface area contributed by atoms with Gasteiger partial charge in [-0.3, -0.25) is 9.48 Å². The number of sulfone groups is 1. The molecule has 1 amide bonds. The molecule has 0 saturated carbocycles. The summed E-state index contributed by atoms with van der Waals surface area (Å²) in [6.45, 7) is 1.14. The van der Waals surface area contributed by atoms with Crippen LogP contribution in [0.5, 0.6) is 0 Å². The SMILES string of the molecule is CC(=O)NC(CS(=O)(=O)CCc1cnn(C)c1)C(=O)O. The van der Waals surface area contributed by atoms with Crippen molar-refractivity contribution in [3.8, 4) is 0 Å². The Morgan fingerprint density at radius 3 is 2.60 bits per heavy atom. The molecule has 0 aliphatic heterocycles. The molecule has 1 heterocycles. The fraction of sp³-hybridized carbons (Fsp3) is 0.545. The minimum Gasteiger partial charge on any atom is -0.480 e. The first-order valence-corrected chi connectivity index (χ1v) is 7.69. The van der Waals surface area contributed by atoms with Gasteiger partial charge in [0.05, 0.1) is 17.7 Å². The maximum atomic E-state index is 11.9. The highest BCUT2D eigenvalue weighted by molar-refractivity contribution is 7.91. The van der Waals surface area contributed by atoms with Crippen molar-refractivity contribution < 1.29 is 23.1 Å². The number of hydrogen-bond donors (Lipinski definition) is 2. The van der Waals surface area contributed by atoms with E-state index >= 15 is 0 Å². The molecule has 0 aliphatic rings. The Morgan fingerprint density at radius 1 is 1.50 bits per heavy atom. The Kier molecular flexibility index (Phi) is 5.26. The number of hydrogen-bond acceptors (Lipinski definition) is 5. The average Bonchev–Trinajstić information content (AvgIpc) is 2.71. The quantitative estimate of drug-likeness (QED) is 0.664. The van der Waals surface area contributed by atoms with Crippen LogP contribution in [0.1, 0.15) is 12.5 Å². The van der Waals surface area contributed by atoms with E-state index in [0.29, 0.717) is 0 Å². The highest BCUT2D eigenvalue weighted by Gasteiger charge is 2.25. The lowest BCUT2D eigenvalue weighted by Gasteiger charge is -2.13. The van der Waals surface area contributed by atoms with Gasteiger partial charge in [0.1, 0.15) is 6.04 Å². The first-order valence-electron chi connectivity index (χ1n) is 5.87. The van der Waals surface area contributed by atoms with Crippen LogP contribution < -0.4 is 5.32 Å². The molecule has 0 radical (unpaired) electrons. The molecule has 0 fully saturated rings. The predicted octanol–water partition coefficient (Wildman–Crippen LogP) is -1.03. The number of aromatic nitrogens is 2. The van der Waals surface area contributed by atoms with E-state index in [-0.39, 0.29) is 12.2 Å². The van der Waals surface area contributed by atoms with Crippen molar-refractivity contribution in [3.63, 3.8) is 0 Å². The number of nitrogens with one attached hydrogen (secondary N) is 1. The Bertz CT molecular complexity index is 593. The summed E-state index contributed by atoms with van der Waals surface area (Å²) in [5, 5.41) is 14.9. The zero-order valence-electron chi connectivity index (χ0n) is 11.2. The van der Waals surface area contributed by atoms with Crippen molar-refractivity contribution in [2.24, 2.45) is 7.05 Å². The summed E-state index contributed by atoms with van der Waals surface area (Å²) in [5.41, 5.74) is 0.752. The van der Waals surface area contributed by atoms with E-state index in [2.05, 4.69) is 10.4 Å². The van der Waals surface area contributed by atoms with E-state index in [0.717, 1.165) is 12.5 Å². The molecule has 0 aliphatic carbocycles. The second-order valence-electron chi connectivity index (χ2n) is 4.48. The normalized spacial score (nSPS) is 12.9. The molecule has 1 unspecified atom stereocenters. The standard InChI is InChI=1S/C11H17N3O5S/c1-8(15)13-10(11(16)17)7-20(18,19)4-3-9-5-12-14(2)6-9/h5-6,10H,3-4,7H2,1-2H3,(H,13,15)(H,16,17). The molecule has 1 atom stereocenters. The van der Waals surface area contributed by atoms with Crippen LogP contribution in [0.25, 0.3) is 0 Å². The van der Waals surface area contributed by atoms with Gasteiger partial charge in [-0.25, -0.2) is 13.2 Å². The Morgan fingerprint density at radius 2 is 2.15 bits per heavy atom. The molecule has 0 aromatic carbocycles. The van der Waals surface area contributed by atoms with Crippen molar-refractivity contribution in [1.29, 1.82) is 0 Å². The Balaban J connectivity index is 2.63. The van der Waals surface area contributed by atoms with Gasteiger partial charge in [0.15, 0.2) is 9.84 Å². The molecule has 20 heavy (non-hydrogen) atoms. The molecule has 8 nitrogen and oxygen atoms in total. The first kappa shape index (κ1) is 16.2. The van der Waals surface area contributed by atoms with Crippen LogP contribution >= 0.6 is 0 Å². The second-order valence-corrected chi connectivity index (χ2v) is 6.71. The minimum atomic E-state index is -3.59. The Labute approximate surface area is 116 Å². The van der Waals surface area contributed by atoms with Gasteiger partial charge in [0.25, 0.3) is 0 Å². The van der Waals surface area contributed by atoms with E-state index in [9.17, 15) is 18.0 Å². The van der Waals surface area contributed by atoms with Crippen molar-refractivity contribution in [1.82, 2.24) is 15.1 Å². The second kappa shape index (κ2) is 6.51. The van der Waals surface area contributed by atoms with Crippen LogP contribution in [-0.4, -0.2) is 52.7 Å². The fourth-order valence-corrected chi connectivity index (χ4v) is 3.08.